The molecule has 1 amide bonds. The van der Waals surface area contributed by atoms with Crippen LogP contribution in [0.25, 0.3) is 0 Å². The van der Waals surface area contributed by atoms with Gasteiger partial charge >= 0.3 is 0 Å². The maximum Gasteiger partial charge on any atom is 0.217 e. The number of hydrogen-bond donors (Lipinski definition) is 2. The van der Waals surface area contributed by atoms with Crippen molar-refractivity contribution in [3.63, 3.8) is 0 Å². The number of carbonyl (C=O) groups excluding carboxylic acids is 1. The van der Waals surface area contributed by atoms with Crippen molar-refractivity contribution in [2.45, 2.75) is 39.7 Å². The van der Waals surface area contributed by atoms with Crippen LogP contribution in [0.15, 0.2) is 12.1 Å². The quantitative estimate of drug-likeness (QED) is 0.827. The van der Waals surface area contributed by atoms with Gasteiger partial charge in [-0.2, -0.15) is 0 Å². The van der Waals surface area contributed by atoms with Crippen LogP contribution < -0.4 is 16.2 Å². The summed E-state index contributed by atoms with van der Waals surface area (Å²) >= 11 is 0. The van der Waals surface area contributed by atoms with Crippen molar-refractivity contribution in [2.24, 2.45) is 17.4 Å². The van der Waals surface area contributed by atoms with Gasteiger partial charge in [-0.25, -0.2) is 0 Å². The van der Waals surface area contributed by atoms with Gasteiger partial charge in [-0.1, -0.05) is 19.1 Å². The summed E-state index contributed by atoms with van der Waals surface area (Å²) in [5, 5.41) is 0. The number of rotatable bonds is 6. The van der Waals surface area contributed by atoms with Crippen LogP contribution in [0.2, 0.25) is 0 Å². The lowest BCUT2D eigenvalue weighted by Gasteiger charge is -2.19. The average Bonchev–Trinajstić information content (AvgIpc) is 2.26. The Balaban J connectivity index is 2.83. The van der Waals surface area contributed by atoms with Crippen LogP contribution in [-0.4, -0.2) is 13.0 Å². The molecule has 4 heteroatoms. The summed E-state index contributed by atoms with van der Waals surface area (Å²) in [4.78, 5) is 10.9. The van der Waals surface area contributed by atoms with Crippen molar-refractivity contribution < 1.29 is 9.53 Å². The molecule has 1 rings (SSSR count). The standard InChI is InChI=1S/C15H24N2O2/c1-9(6-14(17)18)5-13(16)12-7-10(2)15(19-4)11(3)8-12/h7-9,13H,5-6,16H2,1-4H3,(H2,17,18). The Kier molecular flexibility index (Phi) is 5.36. The molecule has 1 aromatic carbocycles. The smallest absolute Gasteiger partial charge is 0.217 e. The number of benzene rings is 1. The summed E-state index contributed by atoms with van der Waals surface area (Å²) in [6.45, 7) is 6.01. The number of nitrogens with two attached hydrogens (primary N) is 2. The molecule has 2 unspecified atom stereocenters. The van der Waals surface area contributed by atoms with Gasteiger partial charge in [-0.3, -0.25) is 4.79 Å². The van der Waals surface area contributed by atoms with E-state index in [-0.39, 0.29) is 17.9 Å². The van der Waals surface area contributed by atoms with E-state index < -0.39 is 0 Å². The van der Waals surface area contributed by atoms with E-state index in [1.54, 1.807) is 7.11 Å². The van der Waals surface area contributed by atoms with Gasteiger partial charge < -0.3 is 16.2 Å². The number of methoxy groups -OCH3 is 1. The van der Waals surface area contributed by atoms with Crippen molar-refractivity contribution in [3.8, 4) is 5.75 Å². The fourth-order valence-corrected chi connectivity index (χ4v) is 2.52. The summed E-state index contributed by atoms with van der Waals surface area (Å²) in [6, 6.07) is 4.01. The summed E-state index contributed by atoms with van der Waals surface area (Å²) < 4.78 is 5.34. The predicted molar refractivity (Wildman–Crippen MR) is 77.0 cm³/mol. The topological polar surface area (TPSA) is 78.3 Å². The highest BCUT2D eigenvalue weighted by molar-refractivity contribution is 5.73. The highest BCUT2D eigenvalue weighted by Crippen LogP contribution is 2.29. The van der Waals surface area contributed by atoms with Gasteiger partial charge in [0.1, 0.15) is 5.75 Å². The molecule has 4 N–H and O–H groups in total. The van der Waals surface area contributed by atoms with Gasteiger partial charge in [0.25, 0.3) is 0 Å². The lowest BCUT2D eigenvalue weighted by Crippen LogP contribution is -2.19. The van der Waals surface area contributed by atoms with E-state index in [1.807, 2.05) is 32.9 Å². The monoisotopic (exact) mass is 264 g/mol. The van der Waals surface area contributed by atoms with Crippen LogP contribution in [-0.2, 0) is 4.79 Å². The van der Waals surface area contributed by atoms with E-state index in [1.165, 1.54) is 0 Å². The Morgan fingerprint density at radius 1 is 1.32 bits per heavy atom. The molecule has 0 bridgehead atoms. The lowest BCUT2D eigenvalue weighted by molar-refractivity contribution is -0.118. The first-order chi connectivity index (χ1) is 8.85. The molecule has 4 nitrogen and oxygen atoms in total. The minimum atomic E-state index is -0.276. The molecule has 0 aromatic heterocycles. The molecular formula is C15H24N2O2. The van der Waals surface area contributed by atoms with Crippen molar-refractivity contribution in [2.75, 3.05) is 7.11 Å². The van der Waals surface area contributed by atoms with E-state index in [0.717, 1.165) is 28.9 Å². The fourth-order valence-electron chi connectivity index (χ4n) is 2.52. The Hall–Kier alpha value is -1.55. The highest BCUT2D eigenvalue weighted by Gasteiger charge is 2.15. The number of carbonyl (C=O) groups is 1. The third-order valence-corrected chi connectivity index (χ3v) is 3.32. The fraction of sp³-hybridized carbons (Fsp3) is 0.533. The zero-order valence-corrected chi connectivity index (χ0v) is 12.2. The second kappa shape index (κ2) is 6.57. The first-order valence-corrected chi connectivity index (χ1v) is 6.54. The zero-order valence-electron chi connectivity index (χ0n) is 12.2. The minimum Gasteiger partial charge on any atom is -0.496 e. The van der Waals surface area contributed by atoms with E-state index in [2.05, 4.69) is 0 Å². The molecule has 0 aliphatic carbocycles. The molecule has 19 heavy (non-hydrogen) atoms. The number of amides is 1. The van der Waals surface area contributed by atoms with Crippen LogP contribution in [0.3, 0.4) is 0 Å². The maximum absolute atomic E-state index is 10.9. The third kappa shape index (κ3) is 4.24. The highest BCUT2D eigenvalue weighted by atomic mass is 16.5. The van der Waals surface area contributed by atoms with E-state index in [9.17, 15) is 4.79 Å². The number of ether oxygens (including phenoxy) is 1. The number of aryl methyl sites for hydroxylation is 2. The van der Waals surface area contributed by atoms with Crippen molar-refractivity contribution in [1.82, 2.24) is 0 Å². The Bertz CT molecular complexity index is 434. The van der Waals surface area contributed by atoms with E-state index in [0.29, 0.717) is 6.42 Å². The van der Waals surface area contributed by atoms with E-state index >= 15 is 0 Å². The Labute approximate surface area is 115 Å². The van der Waals surface area contributed by atoms with Gasteiger partial charge in [0.2, 0.25) is 5.91 Å². The summed E-state index contributed by atoms with van der Waals surface area (Å²) in [5.74, 6) is 0.818. The molecule has 0 aliphatic heterocycles. The van der Waals surface area contributed by atoms with Crippen LogP contribution in [0.5, 0.6) is 5.75 Å². The molecule has 0 fully saturated rings. The van der Waals surface area contributed by atoms with Crippen LogP contribution in [0.1, 0.15) is 42.5 Å². The third-order valence-electron chi connectivity index (χ3n) is 3.32. The van der Waals surface area contributed by atoms with E-state index in [4.69, 9.17) is 16.2 Å². The average molecular weight is 264 g/mol. The van der Waals surface area contributed by atoms with Gasteiger partial charge in [0.15, 0.2) is 0 Å². The Morgan fingerprint density at radius 3 is 2.26 bits per heavy atom. The summed E-state index contributed by atoms with van der Waals surface area (Å²) in [5.41, 5.74) is 14.6. The Morgan fingerprint density at radius 2 is 1.84 bits per heavy atom. The normalized spacial score (nSPS) is 13.9. The molecular weight excluding hydrogens is 240 g/mol. The largest absolute Gasteiger partial charge is 0.496 e. The van der Waals surface area contributed by atoms with Crippen molar-refractivity contribution in [3.05, 3.63) is 28.8 Å². The first kappa shape index (κ1) is 15.5. The molecule has 1 aromatic rings. The molecule has 0 radical (unpaired) electrons. The molecule has 0 saturated carbocycles. The maximum atomic E-state index is 10.9. The SMILES string of the molecule is COc1c(C)cc(C(N)CC(C)CC(N)=O)cc1C. The van der Waals surface area contributed by atoms with Crippen LogP contribution in [0.4, 0.5) is 0 Å². The molecule has 0 spiro atoms. The number of hydrogen-bond acceptors (Lipinski definition) is 3. The molecule has 2 atom stereocenters. The van der Waals surface area contributed by atoms with Gasteiger partial charge in [0, 0.05) is 12.5 Å². The molecule has 0 aliphatic rings. The van der Waals surface area contributed by atoms with Crippen molar-refractivity contribution in [1.29, 1.82) is 0 Å². The molecule has 106 valence electrons. The summed E-state index contributed by atoms with van der Waals surface area (Å²) in [6.07, 6.45) is 1.12. The summed E-state index contributed by atoms with van der Waals surface area (Å²) in [7, 11) is 1.67. The predicted octanol–water partition coefficient (Wildman–Crippen LogP) is 2.21. The zero-order chi connectivity index (χ0) is 14.6. The van der Waals surface area contributed by atoms with Gasteiger partial charge in [0.05, 0.1) is 7.11 Å². The first-order valence-electron chi connectivity index (χ1n) is 6.54. The number of primary amides is 1. The second-order valence-corrected chi connectivity index (χ2v) is 5.31. The van der Waals surface area contributed by atoms with Crippen LogP contribution in [0, 0.1) is 19.8 Å². The second-order valence-electron chi connectivity index (χ2n) is 5.31. The minimum absolute atomic E-state index is 0.0855. The van der Waals surface area contributed by atoms with Crippen molar-refractivity contribution >= 4 is 5.91 Å². The van der Waals surface area contributed by atoms with Gasteiger partial charge in [-0.15, -0.1) is 0 Å². The lowest BCUT2D eigenvalue weighted by atomic mass is 9.92. The van der Waals surface area contributed by atoms with Gasteiger partial charge in [-0.05, 0) is 42.9 Å². The van der Waals surface area contributed by atoms with Crippen LogP contribution >= 0.6 is 0 Å². The molecule has 0 heterocycles. The molecule has 0 saturated heterocycles.